The largest absolute Gasteiger partial charge is 0.493 e. The second-order valence-electron chi connectivity index (χ2n) is 6.63. The molecule has 2 aromatic rings. The summed E-state index contributed by atoms with van der Waals surface area (Å²) in [5.74, 6) is -3.22. The van der Waals surface area contributed by atoms with Crippen molar-refractivity contribution < 1.29 is 32.2 Å². The molecule has 0 aliphatic carbocycles. The summed E-state index contributed by atoms with van der Waals surface area (Å²) >= 11 is 0. The third kappa shape index (κ3) is 3.47. The molecule has 2 aliphatic heterocycles. The number of carbonyl (C=O) groups excluding carboxylic acids is 2. The Morgan fingerprint density at radius 3 is 2.68 bits per heavy atom. The van der Waals surface area contributed by atoms with Gasteiger partial charge in [-0.1, -0.05) is 0 Å². The molecule has 1 saturated heterocycles. The van der Waals surface area contributed by atoms with Crippen molar-refractivity contribution in [2.75, 3.05) is 31.6 Å². The normalized spacial score (nSPS) is 16.0. The number of rotatable bonds is 4. The molecule has 0 aromatic heterocycles. The van der Waals surface area contributed by atoms with E-state index in [2.05, 4.69) is 5.32 Å². The van der Waals surface area contributed by atoms with E-state index in [1.807, 2.05) is 0 Å². The van der Waals surface area contributed by atoms with Crippen molar-refractivity contribution in [3.05, 3.63) is 53.3 Å². The van der Waals surface area contributed by atoms with Crippen LogP contribution in [0, 0.1) is 23.4 Å². The van der Waals surface area contributed by atoms with Crippen LogP contribution in [0.2, 0.25) is 0 Å². The first-order valence-corrected chi connectivity index (χ1v) is 8.54. The van der Waals surface area contributed by atoms with Crippen LogP contribution in [0.25, 0.3) is 0 Å². The van der Waals surface area contributed by atoms with Gasteiger partial charge in [-0.2, -0.15) is 0 Å². The summed E-state index contributed by atoms with van der Waals surface area (Å²) in [6, 6.07) is 5.58. The standard InChI is InChI=1S/C19H15F3N2O4/c20-13-2-1-11(3-15(13)22)27-8-10-6-24(7-10)19(26)12-4-16-17(5-14(12)21)28-9-18(25)23-16/h1-5,10H,6-9H2,(H,23,25). The highest BCUT2D eigenvalue weighted by molar-refractivity contribution is 6.00. The Bertz CT molecular complexity index is 960. The average molecular weight is 392 g/mol. The average Bonchev–Trinajstić information content (AvgIpc) is 2.62. The molecule has 146 valence electrons. The molecule has 1 N–H and O–H groups in total. The van der Waals surface area contributed by atoms with E-state index in [9.17, 15) is 22.8 Å². The van der Waals surface area contributed by atoms with Crippen LogP contribution in [0.15, 0.2) is 30.3 Å². The van der Waals surface area contributed by atoms with E-state index in [0.717, 1.165) is 18.2 Å². The van der Waals surface area contributed by atoms with Gasteiger partial charge in [0.05, 0.1) is 17.9 Å². The zero-order valence-corrected chi connectivity index (χ0v) is 14.5. The highest BCUT2D eigenvalue weighted by atomic mass is 19.2. The third-order valence-electron chi connectivity index (χ3n) is 4.55. The highest BCUT2D eigenvalue weighted by Gasteiger charge is 2.33. The molecular formula is C19H15F3N2O4. The van der Waals surface area contributed by atoms with Crippen molar-refractivity contribution in [2.45, 2.75) is 0 Å². The van der Waals surface area contributed by atoms with Crippen LogP contribution in [0.3, 0.4) is 0 Å². The first-order chi connectivity index (χ1) is 13.4. The SMILES string of the molecule is O=C1COc2cc(F)c(C(=O)N3CC(COc4ccc(F)c(F)c4)C3)cc2N1. The number of hydrogen-bond acceptors (Lipinski definition) is 4. The molecular weight excluding hydrogens is 377 g/mol. The van der Waals surface area contributed by atoms with Gasteiger partial charge in [-0.3, -0.25) is 9.59 Å². The minimum absolute atomic E-state index is 0.0132. The number of anilines is 1. The molecule has 0 saturated carbocycles. The second kappa shape index (κ2) is 7.06. The van der Waals surface area contributed by atoms with Gasteiger partial charge < -0.3 is 19.7 Å². The molecule has 0 bridgehead atoms. The lowest BCUT2D eigenvalue weighted by Gasteiger charge is -2.39. The van der Waals surface area contributed by atoms with Crippen LogP contribution < -0.4 is 14.8 Å². The van der Waals surface area contributed by atoms with Crippen molar-refractivity contribution in [3.63, 3.8) is 0 Å². The van der Waals surface area contributed by atoms with Gasteiger partial charge in [-0.05, 0) is 18.2 Å². The predicted molar refractivity (Wildman–Crippen MR) is 91.8 cm³/mol. The molecule has 0 radical (unpaired) electrons. The number of likely N-dealkylation sites (tertiary alicyclic amines) is 1. The van der Waals surface area contributed by atoms with Gasteiger partial charge in [0.15, 0.2) is 18.2 Å². The topological polar surface area (TPSA) is 67.9 Å². The first-order valence-electron chi connectivity index (χ1n) is 8.54. The van der Waals surface area contributed by atoms with Crippen molar-refractivity contribution >= 4 is 17.5 Å². The molecule has 9 heteroatoms. The first kappa shape index (κ1) is 18.1. The van der Waals surface area contributed by atoms with Crippen LogP contribution in [0.1, 0.15) is 10.4 Å². The molecule has 2 aromatic carbocycles. The Morgan fingerprint density at radius 2 is 1.93 bits per heavy atom. The Kier molecular flexibility index (Phi) is 4.58. The van der Waals surface area contributed by atoms with Gasteiger partial charge >= 0.3 is 0 Å². The number of hydrogen-bond donors (Lipinski definition) is 1. The number of nitrogens with zero attached hydrogens (tertiary/aromatic N) is 1. The Hall–Kier alpha value is -3.23. The van der Waals surface area contributed by atoms with Gasteiger partial charge in [0, 0.05) is 31.1 Å². The summed E-state index contributed by atoms with van der Waals surface area (Å²) in [7, 11) is 0. The number of amides is 2. The number of nitrogens with one attached hydrogen (secondary N) is 1. The maximum absolute atomic E-state index is 14.3. The Morgan fingerprint density at radius 1 is 1.14 bits per heavy atom. The van der Waals surface area contributed by atoms with Crippen LogP contribution in [0.5, 0.6) is 11.5 Å². The minimum atomic E-state index is -0.998. The monoisotopic (exact) mass is 392 g/mol. The fourth-order valence-electron chi connectivity index (χ4n) is 3.06. The molecule has 4 rings (SSSR count). The maximum atomic E-state index is 14.3. The predicted octanol–water partition coefficient (Wildman–Crippen LogP) is 2.59. The van der Waals surface area contributed by atoms with Crippen LogP contribution >= 0.6 is 0 Å². The van der Waals surface area contributed by atoms with Crippen LogP contribution in [-0.2, 0) is 4.79 Å². The number of halogens is 3. The van der Waals surface area contributed by atoms with Gasteiger partial charge in [0.2, 0.25) is 0 Å². The van der Waals surface area contributed by atoms with E-state index in [1.165, 1.54) is 17.0 Å². The lowest BCUT2D eigenvalue weighted by atomic mass is 9.99. The molecule has 2 amide bonds. The van der Waals surface area contributed by atoms with E-state index in [-0.39, 0.29) is 47.8 Å². The molecule has 1 fully saturated rings. The molecule has 0 atom stereocenters. The quantitative estimate of drug-likeness (QED) is 0.869. The molecule has 6 nitrogen and oxygen atoms in total. The molecule has 0 unspecified atom stereocenters. The number of carbonyl (C=O) groups is 2. The van der Waals surface area contributed by atoms with Crippen molar-refractivity contribution in [1.29, 1.82) is 0 Å². The Balaban J connectivity index is 1.35. The zero-order chi connectivity index (χ0) is 19.8. The number of ether oxygens (including phenoxy) is 2. The summed E-state index contributed by atoms with van der Waals surface area (Å²) < 4.78 is 50.8. The molecule has 0 spiro atoms. The fraction of sp³-hybridized carbons (Fsp3) is 0.263. The van der Waals surface area contributed by atoms with Crippen molar-refractivity contribution in [1.82, 2.24) is 4.90 Å². The zero-order valence-electron chi connectivity index (χ0n) is 14.5. The lowest BCUT2D eigenvalue weighted by Crippen LogP contribution is -2.52. The van der Waals surface area contributed by atoms with Gasteiger partial charge in [-0.25, -0.2) is 13.2 Å². The van der Waals surface area contributed by atoms with Crippen LogP contribution in [0.4, 0.5) is 18.9 Å². The van der Waals surface area contributed by atoms with Gasteiger partial charge in [-0.15, -0.1) is 0 Å². The minimum Gasteiger partial charge on any atom is -0.493 e. The smallest absolute Gasteiger partial charge is 0.262 e. The lowest BCUT2D eigenvalue weighted by molar-refractivity contribution is -0.118. The molecule has 2 heterocycles. The van der Waals surface area contributed by atoms with Gasteiger partial charge in [0.1, 0.15) is 17.3 Å². The van der Waals surface area contributed by atoms with E-state index < -0.39 is 23.4 Å². The maximum Gasteiger partial charge on any atom is 0.262 e. The highest BCUT2D eigenvalue weighted by Crippen LogP contribution is 2.32. The summed E-state index contributed by atoms with van der Waals surface area (Å²) in [4.78, 5) is 25.3. The van der Waals surface area contributed by atoms with Crippen LogP contribution in [-0.4, -0.2) is 43.0 Å². The fourth-order valence-corrected chi connectivity index (χ4v) is 3.06. The van der Waals surface area contributed by atoms with E-state index in [0.29, 0.717) is 13.1 Å². The third-order valence-corrected chi connectivity index (χ3v) is 4.55. The van der Waals surface area contributed by atoms with Gasteiger partial charge in [0.25, 0.3) is 11.8 Å². The van der Waals surface area contributed by atoms with Crippen molar-refractivity contribution in [3.8, 4) is 11.5 Å². The van der Waals surface area contributed by atoms with E-state index in [1.54, 1.807) is 0 Å². The summed E-state index contributed by atoms with van der Waals surface area (Å²) in [6.07, 6.45) is 0. The van der Waals surface area contributed by atoms with Crippen molar-refractivity contribution in [2.24, 2.45) is 5.92 Å². The van der Waals surface area contributed by atoms with E-state index in [4.69, 9.17) is 9.47 Å². The van der Waals surface area contributed by atoms with E-state index >= 15 is 0 Å². The number of fused-ring (bicyclic) bond motifs is 1. The summed E-state index contributed by atoms with van der Waals surface area (Å²) in [6.45, 7) is 0.681. The second-order valence-corrected chi connectivity index (χ2v) is 6.63. The number of benzene rings is 2. The molecule has 28 heavy (non-hydrogen) atoms. The molecule has 2 aliphatic rings. The summed E-state index contributed by atoms with van der Waals surface area (Å²) in [5.41, 5.74) is 0.0873. The Labute approximate surface area is 157 Å². The summed E-state index contributed by atoms with van der Waals surface area (Å²) in [5, 5.41) is 2.53.